The van der Waals surface area contributed by atoms with Crippen LogP contribution in [0.25, 0.3) is 22.1 Å². The molecular weight excluding hydrogens is 250 g/mol. The molecule has 0 N–H and O–H groups in total. The Kier molecular flexibility index (Phi) is 2.61. The van der Waals surface area contributed by atoms with Gasteiger partial charge in [-0.05, 0) is 12.1 Å². The third-order valence-corrected chi connectivity index (χ3v) is 3.05. The lowest BCUT2D eigenvalue weighted by atomic mass is 10.1. The summed E-state index contributed by atoms with van der Waals surface area (Å²) < 4.78 is 5.49. The molecule has 0 atom stereocenters. The zero-order valence-corrected chi connectivity index (χ0v) is 10.0. The lowest BCUT2D eigenvalue weighted by Gasteiger charge is -2.03. The number of carbonyl (C=O) groups excluding carboxylic acids is 1. The summed E-state index contributed by atoms with van der Waals surface area (Å²) >= 11 is 6.16. The Morgan fingerprint density at radius 2 is 2.00 bits per heavy atom. The molecule has 3 nitrogen and oxygen atoms in total. The molecule has 4 heteroatoms. The van der Waals surface area contributed by atoms with Crippen molar-refractivity contribution in [1.29, 1.82) is 0 Å². The number of halogens is 1. The van der Waals surface area contributed by atoms with E-state index in [0.29, 0.717) is 16.9 Å². The van der Waals surface area contributed by atoms with Crippen molar-refractivity contribution < 1.29 is 9.21 Å². The third kappa shape index (κ3) is 1.69. The molecule has 0 saturated heterocycles. The van der Waals surface area contributed by atoms with Crippen LogP contribution in [0.2, 0.25) is 5.02 Å². The summed E-state index contributed by atoms with van der Waals surface area (Å²) in [5.74, 6) is 0.284. The highest BCUT2D eigenvalue weighted by Crippen LogP contribution is 2.33. The number of carbonyl (C=O) groups is 1. The highest BCUT2D eigenvalue weighted by Gasteiger charge is 2.12. The number of hydrogen-bond donors (Lipinski definition) is 0. The van der Waals surface area contributed by atoms with Gasteiger partial charge in [-0.2, -0.15) is 0 Å². The number of hydrogen-bond acceptors (Lipinski definition) is 3. The van der Waals surface area contributed by atoms with Crippen LogP contribution in [0.4, 0.5) is 0 Å². The number of rotatable bonds is 2. The minimum atomic E-state index is 0.284. The second kappa shape index (κ2) is 4.27. The Labute approximate surface area is 108 Å². The van der Waals surface area contributed by atoms with Gasteiger partial charge in [-0.15, -0.1) is 0 Å². The summed E-state index contributed by atoms with van der Waals surface area (Å²) in [6.07, 6.45) is 4.02. The lowest BCUT2D eigenvalue weighted by molar-refractivity contribution is 0.110. The first-order chi connectivity index (χ1) is 8.79. The monoisotopic (exact) mass is 257 g/mol. The van der Waals surface area contributed by atoms with E-state index in [1.54, 1.807) is 24.5 Å². The van der Waals surface area contributed by atoms with E-state index in [4.69, 9.17) is 16.0 Å². The van der Waals surface area contributed by atoms with Crippen LogP contribution in [-0.4, -0.2) is 11.3 Å². The smallest absolute Gasteiger partial charge is 0.185 e. The Morgan fingerprint density at radius 3 is 2.78 bits per heavy atom. The molecule has 0 amide bonds. The van der Waals surface area contributed by atoms with Gasteiger partial charge < -0.3 is 4.42 Å². The van der Waals surface area contributed by atoms with Gasteiger partial charge in [0.1, 0.15) is 5.58 Å². The Hall–Kier alpha value is -2.13. The number of aromatic nitrogens is 1. The Balaban J connectivity index is 2.32. The molecule has 0 spiro atoms. The number of fused-ring (bicyclic) bond motifs is 1. The normalized spacial score (nSPS) is 10.7. The van der Waals surface area contributed by atoms with Crippen molar-refractivity contribution in [2.45, 2.75) is 0 Å². The predicted molar refractivity (Wildman–Crippen MR) is 69.8 cm³/mol. The van der Waals surface area contributed by atoms with Crippen molar-refractivity contribution in [3.8, 4) is 11.1 Å². The Bertz CT molecular complexity index is 733. The summed E-state index contributed by atoms with van der Waals surface area (Å²) in [5.41, 5.74) is 2.25. The average molecular weight is 258 g/mol. The van der Waals surface area contributed by atoms with Crippen LogP contribution >= 0.6 is 11.6 Å². The predicted octanol–water partition coefficient (Wildman–Crippen LogP) is 3.96. The molecular formula is C14H8ClNO2. The fourth-order valence-corrected chi connectivity index (χ4v) is 2.15. The largest absolute Gasteiger partial charge is 0.452 e. The average Bonchev–Trinajstić information content (AvgIpc) is 2.82. The maximum Gasteiger partial charge on any atom is 0.185 e. The highest BCUT2D eigenvalue weighted by molar-refractivity contribution is 6.33. The molecule has 0 aliphatic carbocycles. The first-order valence-electron chi connectivity index (χ1n) is 5.37. The minimum Gasteiger partial charge on any atom is -0.452 e. The van der Waals surface area contributed by atoms with Gasteiger partial charge in [-0.1, -0.05) is 29.8 Å². The van der Waals surface area contributed by atoms with Crippen molar-refractivity contribution in [2.75, 3.05) is 0 Å². The molecule has 2 aromatic heterocycles. The van der Waals surface area contributed by atoms with Crippen molar-refractivity contribution in [2.24, 2.45) is 0 Å². The van der Waals surface area contributed by atoms with Gasteiger partial charge in [0.25, 0.3) is 0 Å². The third-order valence-electron chi connectivity index (χ3n) is 2.72. The summed E-state index contributed by atoms with van der Waals surface area (Å²) in [6, 6.07) is 9.11. The first kappa shape index (κ1) is 11.0. The van der Waals surface area contributed by atoms with Crippen molar-refractivity contribution in [3.05, 3.63) is 53.5 Å². The van der Waals surface area contributed by atoms with E-state index >= 15 is 0 Å². The second-order valence-corrected chi connectivity index (χ2v) is 4.26. The van der Waals surface area contributed by atoms with Gasteiger partial charge in [0.15, 0.2) is 12.0 Å². The van der Waals surface area contributed by atoms with Gasteiger partial charge in [-0.25, -0.2) is 0 Å². The number of pyridine rings is 1. The van der Waals surface area contributed by atoms with Gasteiger partial charge in [0.2, 0.25) is 0 Å². The number of nitrogens with zero attached hydrogens (tertiary/aromatic N) is 1. The van der Waals surface area contributed by atoms with Crippen LogP contribution in [0.15, 0.2) is 47.1 Å². The number of benzene rings is 1. The maximum absolute atomic E-state index is 10.8. The van der Waals surface area contributed by atoms with Crippen molar-refractivity contribution in [3.63, 3.8) is 0 Å². The standard InChI is InChI=1S/C14H8ClNO2/c15-13-4-2-1-3-11(13)12-7-16-6-9-5-10(8-17)18-14(9)12/h1-8H. The first-order valence-corrected chi connectivity index (χ1v) is 5.75. The van der Waals surface area contributed by atoms with Crippen molar-refractivity contribution >= 4 is 28.9 Å². The molecule has 0 radical (unpaired) electrons. The number of aldehydes is 1. The topological polar surface area (TPSA) is 43.1 Å². The quantitative estimate of drug-likeness (QED) is 0.653. The molecule has 1 aromatic carbocycles. The van der Waals surface area contributed by atoms with E-state index < -0.39 is 0 Å². The summed E-state index contributed by atoms with van der Waals surface area (Å²) in [5, 5.41) is 1.41. The molecule has 88 valence electrons. The SMILES string of the molecule is O=Cc1cc2cncc(-c3ccccc3Cl)c2o1. The van der Waals surface area contributed by atoms with E-state index in [0.717, 1.165) is 16.5 Å². The molecule has 2 heterocycles. The second-order valence-electron chi connectivity index (χ2n) is 3.85. The molecule has 0 unspecified atom stereocenters. The van der Waals surface area contributed by atoms with Crippen LogP contribution in [0.3, 0.4) is 0 Å². The fourth-order valence-electron chi connectivity index (χ4n) is 1.91. The molecule has 0 aliphatic heterocycles. The molecule has 0 aliphatic rings. The van der Waals surface area contributed by atoms with Gasteiger partial charge in [0, 0.05) is 33.9 Å². The van der Waals surface area contributed by atoms with Crippen LogP contribution in [0, 0.1) is 0 Å². The molecule has 18 heavy (non-hydrogen) atoms. The van der Waals surface area contributed by atoms with Crippen molar-refractivity contribution in [1.82, 2.24) is 4.98 Å². The summed E-state index contributed by atoms with van der Waals surface area (Å²) in [6.45, 7) is 0. The van der Waals surface area contributed by atoms with Gasteiger partial charge >= 0.3 is 0 Å². The van der Waals surface area contributed by atoms with Crippen LogP contribution in [0.1, 0.15) is 10.6 Å². The fraction of sp³-hybridized carbons (Fsp3) is 0. The zero-order chi connectivity index (χ0) is 12.5. The van der Waals surface area contributed by atoms with Crippen LogP contribution in [0.5, 0.6) is 0 Å². The minimum absolute atomic E-state index is 0.284. The summed E-state index contributed by atoms with van der Waals surface area (Å²) in [7, 11) is 0. The Morgan fingerprint density at radius 1 is 1.17 bits per heavy atom. The molecule has 3 aromatic rings. The van der Waals surface area contributed by atoms with E-state index in [-0.39, 0.29) is 5.76 Å². The molecule has 3 rings (SSSR count). The zero-order valence-electron chi connectivity index (χ0n) is 9.26. The summed E-state index contributed by atoms with van der Waals surface area (Å²) in [4.78, 5) is 14.9. The van der Waals surface area contributed by atoms with E-state index in [1.807, 2.05) is 18.2 Å². The van der Waals surface area contributed by atoms with Gasteiger partial charge in [-0.3, -0.25) is 9.78 Å². The molecule has 0 bridgehead atoms. The molecule has 0 saturated carbocycles. The highest BCUT2D eigenvalue weighted by atomic mass is 35.5. The van der Waals surface area contributed by atoms with E-state index in [2.05, 4.69) is 4.98 Å². The van der Waals surface area contributed by atoms with Gasteiger partial charge in [0.05, 0.1) is 0 Å². The van der Waals surface area contributed by atoms with Crippen LogP contribution in [-0.2, 0) is 0 Å². The van der Waals surface area contributed by atoms with E-state index in [9.17, 15) is 4.79 Å². The maximum atomic E-state index is 10.8. The van der Waals surface area contributed by atoms with Crippen LogP contribution < -0.4 is 0 Å². The van der Waals surface area contributed by atoms with E-state index in [1.165, 1.54) is 0 Å². The molecule has 0 fully saturated rings. The lowest BCUT2D eigenvalue weighted by Crippen LogP contribution is -1.82. The number of furan rings is 1.